The van der Waals surface area contributed by atoms with Crippen molar-refractivity contribution in [2.75, 3.05) is 29.9 Å². The van der Waals surface area contributed by atoms with E-state index in [2.05, 4.69) is 27.1 Å². The SMILES string of the molecule is C[C@H]1CN(C(=O)OC(C)(C)C)CCN1c1cc(-n2nc(Nc3cnccn3)c3ccc(OCc4ccccc4)cc32)ccn1. The summed E-state index contributed by atoms with van der Waals surface area (Å²) in [5, 5.41) is 9.17. The number of amides is 1. The monoisotopic (exact) mass is 592 g/mol. The second-order valence-corrected chi connectivity index (χ2v) is 11.8. The maximum Gasteiger partial charge on any atom is 0.410 e. The van der Waals surface area contributed by atoms with Crippen molar-refractivity contribution in [3.8, 4) is 11.4 Å². The van der Waals surface area contributed by atoms with Gasteiger partial charge in [0.25, 0.3) is 0 Å². The van der Waals surface area contributed by atoms with Crippen molar-refractivity contribution in [2.24, 2.45) is 0 Å². The van der Waals surface area contributed by atoms with Crippen LogP contribution in [0.1, 0.15) is 33.3 Å². The van der Waals surface area contributed by atoms with Crippen molar-refractivity contribution in [1.29, 1.82) is 0 Å². The molecule has 0 unspecified atom stereocenters. The van der Waals surface area contributed by atoms with E-state index in [0.29, 0.717) is 37.9 Å². The molecule has 11 nitrogen and oxygen atoms in total. The van der Waals surface area contributed by atoms with Gasteiger partial charge in [0.05, 0.1) is 17.4 Å². The first kappa shape index (κ1) is 28.9. The van der Waals surface area contributed by atoms with E-state index >= 15 is 0 Å². The van der Waals surface area contributed by atoms with Crippen molar-refractivity contribution < 1.29 is 14.3 Å². The van der Waals surface area contributed by atoms with Gasteiger partial charge in [-0.1, -0.05) is 30.3 Å². The maximum atomic E-state index is 12.7. The predicted octanol–water partition coefficient (Wildman–Crippen LogP) is 5.98. The lowest BCUT2D eigenvalue weighted by Crippen LogP contribution is -2.54. The minimum absolute atomic E-state index is 0.0419. The van der Waals surface area contributed by atoms with Gasteiger partial charge in [0.1, 0.15) is 29.6 Å². The molecule has 1 aliphatic rings. The molecule has 1 atom stereocenters. The smallest absolute Gasteiger partial charge is 0.410 e. The lowest BCUT2D eigenvalue weighted by atomic mass is 10.2. The number of hydrogen-bond donors (Lipinski definition) is 1. The van der Waals surface area contributed by atoms with E-state index in [-0.39, 0.29) is 12.1 Å². The third-order valence-corrected chi connectivity index (χ3v) is 7.26. The Kier molecular flexibility index (Phi) is 8.01. The molecule has 4 heterocycles. The Morgan fingerprint density at radius 1 is 1.00 bits per heavy atom. The predicted molar refractivity (Wildman–Crippen MR) is 170 cm³/mol. The minimum Gasteiger partial charge on any atom is -0.489 e. The summed E-state index contributed by atoms with van der Waals surface area (Å²) in [5.41, 5.74) is 2.26. The van der Waals surface area contributed by atoms with Gasteiger partial charge in [-0.25, -0.2) is 19.4 Å². The van der Waals surface area contributed by atoms with Crippen LogP contribution < -0.4 is 15.0 Å². The summed E-state index contributed by atoms with van der Waals surface area (Å²) < 4.78 is 13.6. The van der Waals surface area contributed by atoms with Crippen molar-refractivity contribution >= 4 is 34.4 Å². The Bertz CT molecular complexity index is 1740. The highest BCUT2D eigenvalue weighted by molar-refractivity contribution is 5.93. The molecule has 0 saturated carbocycles. The fourth-order valence-corrected chi connectivity index (χ4v) is 5.19. The first-order valence-electron chi connectivity index (χ1n) is 14.7. The molecule has 11 heteroatoms. The molecule has 0 spiro atoms. The second kappa shape index (κ2) is 12.2. The number of anilines is 3. The van der Waals surface area contributed by atoms with Crippen LogP contribution in [0.3, 0.4) is 0 Å². The molecule has 3 aromatic heterocycles. The maximum absolute atomic E-state index is 12.7. The van der Waals surface area contributed by atoms with Crippen LogP contribution >= 0.6 is 0 Å². The summed E-state index contributed by atoms with van der Waals surface area (Å²) in [6.45, 7) is 9.91. The number of ether oxygens (including phenoxy) is 2. The van der Waals surface area contributed by atoms with Gasteiger partial charge in [-0.05, 0) is 51.5 Å². The number of pyridine rings is 1. The Labute approximate surface area is 256 Å². The van der Waals surface area contributed by atoms with Crippen LogP contribution in [-0.4, -0.2) is 67.0 Å². The van der Waals surface area contributed by atoms with E-state index in [1.54, 1.807) is 29.7 Å². The molecule has 0 radical (unpaired) electrons. The van der Waals surface area contributed by atoms with E-state index in [1.165, 1.54) is 0 Å². The minimum atomic E-state index is -0.535. The number of rotatable bonds is 7. The third-order valence-electron chi connectivity index (χ3n) is 7.26. The number of carbonyl (C=O) groups excluding carboxylic acids is 1. The molecule has 5 aromatic rings. The van der Waals surface area contributed by atoms with E-state index in [0.717, 1.165) is 33.7 Å². The lowest BCUT2D eigenvalue weighted by Gasteiger charge is -2.40. The first-order chi connectivity index (χ1) is 21.2. The van der Waals surface area contributed by atoms with Crippen LogP contribution in [0.4, 0.5) is 22.2 Å². The Hall–Kier alpha value is -5.19. The molecule has 44 heavy (non-hydrogen) atoms. The average Bonchev–Trinajstić information content (AvgIpc) is 3.37. The topological polar surface area (TPSA) is 111 Å². The van der Waals surface area contributed by atoms with E-state index < -0.39 is 5.60 Å². The molecule has 1 N–H and O–H groups in total. The number of nitrogens with one attached hydrogen (secondary N) is 1. The van der Waals surface area contributed by atoms with Crippen molar-refractivity contribution in [3.05, 3.63) is 91.0 Å². The normalized spacial score (nSPS) is 15.3. The zero-order valence-corrected chi connectivity index (χ0v) is 25.3. The number of carbonyl (C=O) groups is 1. The van der Waals surface area contributed by atoms with Crippen molar-refractivity contribution in [3.63, 3.8) is 0 Å². The fraction of sp³-hybridized carbons (Fsp3) is 0.303. The fourth-order valence-electron chi connectivity index (χ4n) is 5.19. The lowest BCUT2D eigenvalue weighted by molar-refractivity contribution is 0.0218. The second-order valence-electron chi connectivity index (χ2n) is 11.8. The van der Waals surface area contributed by atoms with E-state index in [1.807, 2.05) is 86.1 Å². The van der Waals surface area contributed by atoms with E-state index in [4.69, 9.17) is 19.6 Å². The molecular weight excluding hydrogens is 556 g/mol. The summed E-state index contributed by atoms with van der Waals surface area (Å²) in [6, 6.07) is 20.0. The van der Waals surface area contributed by atoms with Crippen LogP contribution in [0.25, 0.3) is 16.6 Å². The van der Waals surface area contributed by atoms with Crippen LogP contribution in [-0.2, 0) is 11.3 Å². The summed E-state index contributed by atoms with van der Waals surface area (Å²) in [4.78, 5) is 29.9. The molecule has 1 aliphatic heterocycles. The standard InChI is InChI=1S/C33H36N8O3/c1-23-21-39(32(42)44-33(2,3)4)16-17-40(23)30-18-25(12-13-36-30)41-28-19-26(43-22-24-8-6-5-7-9-24)10-11-27(28)31(38-41)37-29-20-34-14-15-35-29/h5-15,18-20,23H,16-17,21-22H2,1-4H3,(H,35,37,38)/t23-/m0/s1. The number of hydrogen-bond acceptors (Lipinski definition) is 9. The van der Waals surface area contributed by atoms with Crippen LogP contribution in [0.5, 0.6) is 5.75 Å². The van der Waals surface area contributed by atoms with Gasteiger partial charge in [-0.2, -0.15) is 0 Å². The Balaban J connectivity index is 1.30. The third kappa shape index (κ3) is 6.56. The van der Waals surface area contributed by atoms with Gasteiger partial charge in [0.2, 0.25) is 0 Å². The van der Waals surface area contributed by atoms with Gasteiger partial charge in [-0.3, -0.25) is 4.98 Å². The molecule has 0 aliphatic carbocycles. The summed E-state index contributed by atoms with van der Waals surface area (Å²) >= 11 is 0. The zero-order valence-electron chi connectivity index (χ0n) is 25.3. The molecule has 1 fully saturated rings. The summed E-state index contributed by atoms with van der Waals surface area (Å²) in [5.74, 6) is 2.78. The molecule has 2 aromatic carbocycles. The van der Waals surface area contributed by atoms with Crippen LogP contribution in [0.15, 0.2) is 85.5 Å². The largest absolute Gasteiger partial charge is 0.489 e. The molecular formula is C33H36N8O3. The quantitative estimate of drug-likeness (QED) is 0.244. The van der Waals surface area contributed by atoms with Gasteiger partial charge in [-0.15, -0.1) is 5.10 Å². The molecule has 6 rings (SSSR count). The number of fused-ring (bicyclic) bond motifs is 1. The van der Waals surface area contributed by atoms with Crippen molar-refractivity contribution in [2.45, 2.75) is 45.9 Å². The zero-order chi connectivity index (χ0) is 30.7. The summed E-state index contributed by atoms with van der Waals surface area (Å²) in [6.07, 6.45) is 6.42. The number of nitrogens with zero attached hydrogens (tertiary/aromatic N) is 7. The molecule has 1 saturated heterocycles. The van der Waals surface area contributed by atoms with Gasteiger partial charge in [0, 0.05) is 61.8 Å². The number of benzene rings is 2. The Morgan fingerprint density at radius 2 is 1.84 bits per heavy atom. The highest BCUT2D eigenvalue weighted by atomic mass is 16.6. The first-order valence-corrected chi connectivity index (χ1v) is 14.7. The van der Waals surface area contributed by atoms with Gasteiger partial charge >= 0.3 is 6.09 Å². The number of aromatic nitrogens is 5. The summed E-state index contributed by atoms with van der Waals surface area (Å²) in [7, 11) is 0. The Morgan fingerprint density at radius 3 is 2.59 bits per heavy atom. The molecule has 0 bridgehead atoms. The average molecular weight is 593 g/mol. The molecule has 1 amide bonds. The van der Waals surface area contributed by atoms with Gasteiger partial charge in [0.15, 0.2) is 5.82 Å². The van der Waals surface area contributed by atoms with E-state index in [9.17, 15) is 4.79 Å². The van der Waals surface area contributed by atoms with Gasteiger partial charge < -0.3 is 24.6 Å². The highest BCUT2D eigenvalue weighted by Crippen LogP contribution is 2.32. The highest BCUT2D eigenvalue weighted by Gasteiger charge is 2.30. The number of piperazine rings is 1. The molecule has 226 valence electrons. The van der Waals surface area contributed by atoms with Crippen LogP contribution in [0, 0.1) is 0 Å². The van der Waals surface area contributed by atoms with Crippen molar-refractivity contribution in [1.82, 2.24) is 29.6 Å². The van der Waals surface area contributed by atoms with Crippen LogP contribution in [0.2, 0.25) is 0 Å².